The van der Waals surface area contributed by atoms with Gasteiger partial charge in [0.1, 0.15) is 12.4 Å². The summed E-state index contributed by atoms with van der Waals surface area (Å²) in [6, 6.07) is 23.1. The number of hydrogen-bond donors (Lipinski definition) is 1. The summed E-state index contributed by atoms with van der Waals surface area (Å²) in [5.41, 5.74) is 1.66. The van der Waals surface area contributed by atoms with E-state index in [4.69, 9.17) is 23.7 Å². The third-order valence-electron chi connectivity index (χ3n) is 5.96. The van der Waals surface area contributed by atoms with Crippen molar-refractivity contribution in [2.24, 2.45) is 0 Å². The van der Waals surface area contributed by atoms with Crippen molar-refractivity contribution in [2.75, 3.05) is 60.0 Å². The number of carbonyl (C=O) groups is 1. The van der Waals surface area contributed by atoms with Crippen LogP contribution in [-0.4, -0.2) is 71.0 Å². The van der Waals surface area contributed by atoms with E-state index >= 15 is 0 Å². The van der Waals surface area contributed by atoms with Gasteiger partial charge in [0.25, 0.3) is 0 Å². The molecule has 4 rings (SSSR count). The third kappa shape index (κ3) is 6.84. The molecule has 0 aliphatic rings. The summed E-state index contributed by atoms with van der Waals surface area (Å²) < 4.78 is 27.6. The first-order valence-electron chi connectivity index (χ1n) is 12.3. The quantitative estimate of drug-likeness (QED) is 0.216. The second-order valence-corrected chi connectivity index (χ2v) is 8.35. The summed E-state index contributed by atoms with van der Waals surface area (Å²) >= 11 is 0. The Morgan fingerprint density at radius 1 is 0.622 bits per heavy atom. The molecule has 0 amide bonds. The van der Waals surface area contributed by atoms with Crippen LogP contribution < -0.4 is 4.74 Å². The number of methoxy groups -OCH3 is 1. The number of rotatable bonds is 15. The zero-order valence-electron chi connectivity index (χ0n) is 21.0. The monoisotopic (exact) mass is 504 g/mol. The second kappa shape index (κ2) is 13.7. The largest absolute Gasteiger partial charge is 0.491 e. The number of benzene rings is 4. The Morgan fingerprint density at radius 2 is 1.14 bits per heavy atom. The van der Waals surface area contributed by atoms with Gasteiger partial charge in [-0.1, -0.05) is 60.7 Å². The lowest BCUT2D eigenvalue weighted by molar-refractivity contribution is 0.000188. The summed E-state index contributed by atoms with van der Waals surface area (Å²) in [5.74, 6) is -0.363. The van der Waals surface area contributed by atoms with Gasteiger partial charge in [-0.2, -0.15) is 0 Å². The molecular formula is C30H32O7. The van der Waals surface area contributed by atoms with Gasteiger partial charge in [-0.05, 0) is 33.7 Å². The smallest absolute Gasteiger partial charge is 0.336 e. The fraction of sp³-hybridized carbons (Fsp3) is 0.300. The van der Waals surface area contributed by atoms with Crippen LogP contribution in [0.15, 0.2) is 72.8 Å². The van der Waals surface area contributed by atoms with Gasteiger partial charge in [-0.25, -0.2) is 4.79 Å². The van der Waals surface area contributed by atoms with Crippen molar-refractivity contribution in [1.82, 2.24) is 0 Å². The summed E-state index contributed by atoms with van der Waals surface area (Å²) in [4.78, 5) is 12.3. The molecule has 4 aromatic carbocycles. The molecule has 0 aliphatic heterocycles. The van der Waals surface area contributed by atoms with Gasteiger partial charge in [0.05, 0.1) is 51.8 Å². The van der Waals surface area contributed by atoms with Gasteiger partial charge >= 0.3 is 5.97 Å². The van der Waals surface area contributed by atoms with E-state index in [-0.39, 0.29) is 5.56 Å². The Balaban J connectivity index is 1.47. The lowest BCUT2D eigenvalue weighted by Gasteiger charge is -2.18. The molecule has 0 atom stereocenters. The van der Waals surface area contributed by atoms with Crippen LogP contribution in [0.4, 0.5) is 0 Å². The molecule has 0 aromatic heterocycles. The van der Waals surface area contributed by atoms with Crippen molar-refractivity contribution in [3.63, 3.8) is 0 Å². The van der Waals surface area contributed by atoms with E-state index in [1.165, 1.54) is 0 Å². The predicted molar refractivity (Wildman–Crippen MR) is 144 cm³/mol. The van der Waals surface area contributed by atoms with Gasteiger partial charge < -0.3 is 28.8 Å². The van der Waals surface area contributed by atoms with Crippen molar-refractivity contribution in [3.05, 3.63) is 78.4 Å². The number of aromatic carboxylic acids is 1. The van der Waals surface area contributed by atoms with E-state index in [2.05, 4.69) is 0 Å². The van der Waals surface area contributed by atoms with Crippen LogP contribution in [0.5, 0.6) is 5.75 Å². The maximum Gasteiger partial charge on any atom is 0.336 e. The Hall–Kier alpha value is -3.49. The molecule has 37 heavy (non-hydrogen) atoms. The summed E-state index contributed by atoms with van der Waals surface area (Å²) in [7, 11) is 1.64. The molecule has 0 bridgehead atoms. The van der Waals surface area contributed by atoms with Crippen molar-refractivity contribution >= 4 is 27.5 Å². The molecule has 4 aromatic rings. The molecule has 1 N–H and O–H groups in total. The van der Waals surface area contributed by atoms with E-state index in [1.54, 1.807) is 13.2 Å². The van der Waals surface area contributed by atoms with Crippen LogP contribution in [-0.2, 0) is 18.9 Å². The van der Waals surface area contributed by atoms with Crippen LogP contribution in [0.1, 0.15) is 10.4 Å². The molecular weight excluding hydrogens is 472 g/mol. The molecule has 7 nitrogen and oxygen atoms in total. The molecule has 0 saturated carbocycles. The van der Waals surface area contributed by atoms with E-state index in [9.17, 15) is 9.90 Å². The van der Waals surface area contributed by atoms with Gasteiger partial charge in [-0.15, -0.1) is 0 Å². The minimum atomic E-state index is -0.980. The zero-order valence-corrected chi connectivity index (χ0v) is 21.0. The van der Waals surface area contributed by atoms with E-state index in [0.29, 0.717) is 64.2 Å². The highest BCUT2D eigenvalue weighted by atomic mass is 16.6. The number of ether oxygens (including phenoxy) is 5. The predicted octanol–water partition coefficient (Wildman–Crippen LogP) is 5.43. The summed E-state index contributed by atoms with van der Waals surface area (Å²) in [5, 5.41) is 13.8. The van der Waals surface area contributed by atoms with Crippen LogP contribution in [0, 0.1) is 0 Å². The number of carboxylic acids is 1. The average Bonchev–Trinajstić information content (AvgIpc) is 2.92. The lowest BCUT2D eigenvalue weighted by Crippen LogP contribution is -2.13. The topological polar surface area (TPSA) is 83.5 Å². The van der Waals surface area contributed by atoms with Crippen molar-refractivity contribution < 1.29 is 33.6 Å². The van der Waals surface area contributed by atoms with Crippen LogP contribution >= 0.6 is 0 Å². The number of fused-ring (bicyclic) bond motifs is 2. The van der Waals surface area contributed by atoms with Crippen molar-refractivity contribution in [1.29, 1.82) is 0 Å². The number of carboxylic acid groups (broad SMARTS) is 1. The highest BCUT2D eigenvalue weighted by molar-refractivity contribution is 6.14. The molecule has 0 unspecified atom stereocenters. The van der Waals surface area contributed by atoms with Crippen LogP contribution in [0.25, 0.3) is 32.7 Å². The fourth-order valence-corrected chi connectivity index (χ4v) is 4.24. The molecule has 0 aliphatic carbocycles. The van der Waals surface area contributed by atoms with Gasteiger partial charge in [0, 0.05) is 18.2 Å². The molecule has 0 saturated heterocycles. The molecule has 7 heteroatoms. The van der Waals surface area contributed by atoms with Crippen LogP contribution in [0.3, 0.4) is 0 Å². The standard InChI is InChI=1S/C30H32O7/c1-33-14-15-34-16-17-35-18-19-36-20-21-37-27-13-11-23-7-3-5-9-25(23)29(27)28-24-8-4-2-6-22(24)10-12-26(28)30(31)32/h2-13H,14-21H2,1H3,(H,31,32). The Morgan fingerprint density at radius 3 is 1.73 bits per heavy atom. The second-order valence-electron chi connectivity index (χ2n) is 8.35. The summed E-state index contributed by atoms with van der Waals surface area (Å²) in [6.45, 7) is 3.74. The Bertz CT molecular complexity index is 1320. The minimum Gasteiger partial charge on any atom is -0.491 e. The SMILES string of the molecule is COCCOCCOCCOCCOc1ccc2ccccc2c1-c1c(C(=O)O)ccc2ccccc12. The zero-order chi connectivity index (χ0) is 25.9. The molecule has 0 heterocycles. The summed E-state index contributed by atoms with van der Waals surface area (Å²) in [6.07, 6.45) is 0. The van der Waals surface area contributed by atoms with Crippen molar-refractivity contribution in [3.8, 4) is 16.9 Å². The highest BCUT2D eigenvalue weighted by Gasteiger charge is 2.21. The maximum atomic E-state index is 12.3. The van der Waals surface area contributed by atoms with E-state index in [1.807, 2.05) is 66.7 Å². The lowest BCUT2D eigenvalue weighted by atomic mass is 9.89. The molecule has 0 spiro atoms. The normalized spacial score (nSPS) is 11.3. The third-order valence-corrected chi connectivity index (χ3v) is 5.96. The van der Waals surface area contributed by atoms with Gasteiger partial charge in [0.2, 0.25) is 0 Å². The molecule has 0 radical (unpaired) electrons. The fourth-order valence-electron chi connectivity index (χ4n) is 4.24. The maximum absolute atomic E-state index is 12.3. The van der Waals surface area contributed by atoms with Crippen molar-refractivity contribution in [2.45, 2.75) is 0 Å². The van der Waals surface area contributed by atoms with Gasteiger partial charge in [0.15, 0.2) is 0 Å². The van der Waals surface area contributed by atoms with E-state index < -0.39 is 5.97 Å². The highest BCUT2D eigenvalue weighted by Crippen LogP contribution is 2.42. The Labute approximate surface area is 216 Å². The molecule has 0 fully saturated rings. The Kier molecular flexibility index (Phi) is 9.85. The first-order valence-corrected chi connectivity index (χ1v) is 12.3. The first kappa shape index (κ1) is 26.6. The van der Waals surface area contributed by atoms with Gasteiger partial charge in [-0.3, -0.25) is 0 Å². The average molecular weight is 505 g/mol. The molecule has 194 valence electrons. The minimum absolute atomic E-state index is 0.236. The number of hydrogen-bond acceptors (Lipinski definition) is 6. The van der Waals surface area contributed by atoms with E-state index in [0.717, 1.165) is 27.1 Å². The van der Waals surface area contributed by atoms with Crippen LogP contribution in [0.2, 0.25) is 0 Å². The first-order chi connectivity index (χ1) is 18.2.